The van der Waals surface area contributed by atoms with Gasteiger partial charge in [-0.15, -0.1) is 10.2 Å². The summed E-state index contributed by atoms with van der Waals surface area (Å²) in [6.07, 6.45) is 4.97. The van der Waals surface area contributed by atoms with Gasteiger partial charge >= 0.3 is 0 Å². The van der Waals surface area contributed by atoms with E-state index >= 15 is 0 Å². The van der Waals surface area contributed by atoms with E-state index < -0.39 is 0 Å². The zero-order valence-corrected chi connectivity index (χ0v) is 16.2. The number of carbonyl (C=O) groups excluding carboxylic acids is 1. The maximum Gasteiger partial charge on any atom is 0.244 e. The summed E-state index contributed by atoms with van der Waals surface area (Å²) in [4.78, 5) is 12.4. The number of aryl methyl sites for hydroxylation is 1. The Morgan fingerprint density at radius 3 is 2.81 bits per heavy atom. The van der Waals surface area contributed by atoms with E-state index in [1.54, 1.807) is 26.4 Å². The molecule has 144 valence electrons. The monoisotopic (exact) mass is 370 g/mol. The number of hydrogen-bond donors (Lipinski definition) is 1. The van der Waals surface area contributed by atoms with E-state index in [9.17, 15) is 4.79 Å². The zero-order valence-electron chi connectivity index (χ0n) is 16.2. The molecule has 3 rings (SSSR count). The molecule has 1 atom stereocenters. The Hall–Kier alpha value is -2.83. The number of carbonyl (C=O) groups is 1. The highest BCUT2D eigenvalue weighted by Gasteiger charge is 2.24. The minimum absolute atomic E-state index is 0.0703. The maximum absolute atomic E-state index is 12.4. The van der Waals surface area contributed by atoms with Crippen molar-refractivity contribution >= 4 is 12.0 Å². The van der Waals surface area contributed by atoms with E-state index in [0.717, 1.165) is 30.1 Å². The Bertz CT molecular complexity index is 842. The predicted octanol–water partition coefficient (Wildman–Crippen LogP) is 2.56. The molecule has 1 amide bonds. The summed E-state index contributed by atoms with van der Waals surface area (Å²) in [5.74, 6) is 3.53. The van der Waals surface area contributed by atoms with Crippen LogP contribution >= 0.6 is 0 Å². The van der Waals surface area contributed by atoms with Crippen molar-refractivity contribution in [2.45, 2.75) is 45.2 Å². The third-order valence-electron chi connectivity index (χ3n) is 4.69. The van der Waals surface area contributed by atoms with E-state index in [2.05, 4.69) is 33.9 Å². The van der Waals surface area contributed by atoms with Crippen LogP contribution in [0.1, 0.15) is 43.4 Å². The van der Waals surface area contributed by atoms with Crippen molar-refractivity contribution in [3.63, 3.8) is 0 Å². The Labute approximate surface area is 159 Å². The van der Waals surface area contributed by atoms with Crippen LogP contribution in [0, 0.1) is 0 Å². The summed E-state index contributed by atoms with van der Waals surface area (Å²) in [5.41, 5.74) is 0.820. The van der Waals surface area contributed by atoms with Gasteiger partial charge in [0.2, 0.25) is 5.91 Å². The molecule has 2 aromatic rings. The number of nitrogens with zero attached hydrogens (tertiary/aromatic N) is 3. The fraction of sp³-hybridized carbons (Fsp3) is 0.450. The Morgan fingerprint density at radius 1 is 1.30 bits per heavy atom. The van der Waals surface area contributed by atoms with Gasteiger partial charge in [0.05, 0.1) is 14.2 Å². The number of hydrogen-bond acceptors (Lipinski definition) is 5. The molecule has 1 aromatic heterocycles. The lowest BCUT2D eigenvalue weighted by molar-refractivity contribution is -0.117. The molecule has 0 radical (unpaired) electrons. The Morgan fingerprint density at radius 2 is 2.11 bits per heavy atom. The molecule has 7 nitrogen and oxygen atoms in total. The van der Waals surface area contributed by atoms with Crippen LogP contribution in [0.4, 0.5) is 0 Å². The largest absolute Gasteiger partial charge is 0.497 e. The molecule has 0 aliphatic carbocycles. The standard InChI is InChI=1S/C20H26N4O3/c1-13(2)20-23-22-18-9-7-15(12-24(18)20)21-19(25)10-6-14-5-8-16(26-3)11-17(14)27-4/h5-6,8,10-11,13,15H,7,9,12H2,1-4H3,(H,21,25). The first-order valence-corrected chi connectivity index (χ1v) is 9.14. The summed E-state index contributed by atoms with van der Waals surface area (Å²) >= 11 is 0. The van der Waals surface area contributed by atoms with Crippen molar-refractivity contribution in [1.82, 2.24) is 20.1 Å². The van der Waals surface area contributed by atoms with Gasteiger partial charge in [-0.1, -0.05) is 13.8 Å². The fourth-order valence-electron chi connectivity index (χ4n) is 3.26. The van der Waals surface area contributed by atoms with Gasteiger partial charge in [-0.3, -0.25) is 4.79 Å². The summed E-state index contributed by atoms with van der Waals surface area (Å²) in [7, 11) is 3.20. The number of benzene rings is 1. The van der Waals surface area contributed by atoms with Crippen molar-refractivity contribution in [3.8, 4) is 11.5 Å². The van der Waals surface area contributed by atoms with E-state index in [1.165, 1.54) is 6.08 Å². The first kappa shape index (κ1) is 18.9. The third-order valence-corrected chi connectivity index (χ3v) is 4.69. The molecule has 1 unspecified atom stereocenters. The van der Waals surface area contributed by atoms with Crippen molar-refractivity contribution in [2.24, 2.45) is 0 Å². The van der Waals surface area contributed by atoms with Crippen LogP contribution in [-0.4, -0.2) is 40.9 Å². The average Bonchev–Trinajstić information content (AvgIpc) is 3.09. The smallest absolute Gasteiger partial charge is 0.244 e. The lowest BCUT2D eigenvalue weighted by Crippen LogP contribution is -2.40. The van der Waals surface area contributed by atoms with Gasteiger partial charge in [-0.05, 0) is 24.6 Å². The second kappa shape index (κ2) is 8.24. The van der Waals surface area contributed by atoms with Crippen molar-refractivity contribution in [2.75, 3.05) is 14.2 Å². The van der Waals surface area contributed by atoms with Crippen LogP contribution in [0.15, 0.2) is 24.3 Å². The molecule has 1 aliphatic heterocycles. The van der Waals surface area contributed by atoms with Gasteiger partial charge in [0, 0.05) is 42.6 Å². The number of aromatic nitrogens is 3. The summed E-state index contributed by atoms with van der Waals surface area (Å²) < 4.78 is 12.7. The van der Waals surface area contributed by atoms with E-state index in [4.69, 9.17) is 9.47 Å². The average molecular weight is 370 g/mol. The summed E-state index contributed by atoms with van der Waals surface area (Å²) in [6.45, 7) is 4.91. The minimum atomic E-state index is -0.125. The molecule has 0 fully saturated rings. The lowest BCUT2D eigenvalue weighted by Gasteiger charge is -2.25. The highest BCUT2D eigenvalue weighted by atomic mass is 16.5. The molecule has 27 heavy (non-hydrogen) atoms. The lowest BCUT2D eigenvalue weighted by atomic mass is 10.1. The zero-order chi connectivity index (χ0) is 19.4. The Kier molecular flexibility index (Phi) is 5.78. The minimum Gasteiger partial charge on any atom is -0.497 e. The van der Waals surface area contributed by atoms with E-state index in [-0.39, 0.29) is 11.9 Å². The fourth-order valence-corrected chi connectivity index (χ4v) is 3.26. The van der Waals surface area contributed by atoms with Gasteiger partial charge in [-0.2, -0.15) is 0 Å². The quantitative estimate of drug-likeness (QED) is 0.791. The van der Waals surface area contributed by atoms with Crippen LogP contribution in [0.3, 0.4) is 0 Å². The number of methoxy groups -OCH3 is 2. The summed E-state index contributed by atoms with van der Waals surface area (Å²) in [6, 6.07) is 5.56. The van der Waals surface area contributed by atoms with E-state index in [1.807, 2.05) is 12.1 Å². The van der Waals surface area contributed by atoms with Crippen molar-refractivity contribution in [1.29, 1.82) is 0 Å². The highest BCUT2D eigenvalue weighted by Crippen LogP contribution is 2.25. The molecule has 0 saturated carbocycles. The third kappa shape index (κ3) is 4.30. The number of amides is 1. The van der Waals surface area contributed by atoms with Crippen LogP contribution < -0.4 is 14.8 Å². The van der Waals surface area contributed by atoms with Crippen LogP contribution in [-0.2, 0) is 17.8 Å². The molecular weight excluding hydrogens is 344 g/mol. The Balaban J connectivity index is 1.64. The van der Waals surface area contributed by atoms with Crippen LogP contribution in [0.5, 0.6) is 11.5 Å². The number of fused-ring (bicyclic) bond motifs is 1. The molecule has 7 heteroatoms. The molecule has 0 spiro atoms. The van der Waals surface area contributed by atoms with Gasteiger partial charge in [0.25, 0.3) is 0 Å². The van der Waals surface area contributed by atoms with E-state index in [0.29, 0.717) is 24.0 Å². The molecular formula is C20H26N4O3. The molecule has 1 aromatic carbocycles. The molecule has 2 heterocycles. The van der Waals surface area contributed by atoms with Gasteiger partial charge in [0.15, 0.2) is 0 Å². The van der Waals surface area contributed by atoms with Crippen LogP contribution in [0.2, 0.25) is 0 Å². The maximum atomic E-state index is 12.4. The van der Waals surface area contributed by atoms with Crippen LogP contribution in [0.25, 0.3) is 6.08 Å². The van der Waals surface area contributed by atoms with Crippen molar-refractivity contribution < 1.29 is 14.3 Å². The number of nitrogens with one attached hydrogen (secondary N) is 1. The summed E-state index contributed by atoms with van der Waals surface area (Å²) in [5, 5.41) is 11.6. The first-order valence-electron chi connectivity index (χ1n) is 9.14. The predicted molar refractivity (Wildman–Crippen MR) is 103 cm³/mol. The normalized spacial score (nSPS) is 16.4. The second-order valence-electron chi connectivity index (χ2n) is 6.93. The van der Waals surface area contributed by atoms with Gasteiger partial charge in [-0.25, -0.2) is 0 Å². The van der Waals surface area contributed by atoms with Crippen molar-refractivity contribution in [3.05, 3.63) is 41.5 Å². The highest BCUT2D eigenvalue weighted by molar-refractivity contribution is 5.92. The molecule has 1 N–H and O–H groups in total. The molecule has 0 bridgehead atoms. The number of rotatable bonds is 6. The SMILES string of the molecule is COc1ccc(C=CC(=O)NC2CCc3nnc(C(C)C)n3C2)c(OC)c1. The van der Waals surface area contributed by atoms with Gasteiger partial charge < -0.3 is 19.4 Å². The molecule has 0 saturated heterocycles. The first-order chi connectivity index (χ1) is 13.0. The number of ether oxygens (including phenoxy) is 2. The molecule has 1 aliphatic rings. The second-order valence-corrected chi connectivity index (χ2v) is 6.93. The topological polar surface area (TPSA) is 78.3 Å². The van der Waals surface area contributed by atoms with Gasteiger partial charge in [0.1, 0.15) is 23.1 Å².